The zero-order valence-electron chi connectivity index (χ0n) is 13.8. The normalized spacial score (nSPS) is 10.1. The molecule has 0 bridgehead atoms. The summed E-state index contributed by atoms with van der Waals surface area (Å²) < 4.78 is 0. The molecule has 0 fully saturated rings. The van der Waals surface area contributed by atoms with Crippen molar-refractivity contribution in [3.63, 3.8) is 0 Å². The molecule has 0 aromatic heterocycles. The van der Waals surface area contributed by atoms with E-state index in [-0.39, 0.29) is 17.9 Å². The number of halogens is 1. The molecule has 164 valence electrons. The molecule has 15 nitrogen and oxygen atoms in total. The van der Waals surface area contributed by atoms with Gasteiger partial charge in [0.25, 0.3) is 0 Å². The van der Waals surface area contributed by atoms with Gasteiger partial charge in [-0.2, -0.15) is 0 Å². The van der Waals surface area contributed by atoms with Gasteiger partial charge in [-0.3, -0.25) is 19.2 Å². The van der Waals surface area contributed by atoms with Crippen LogP contribution in [0.5, 0.6) is 0 Å². The molecule has 0 saturated carbocycles. The lowest BCUT2D eigenvalue weighted by Gasteiger charge is -2.18. The summed E-state index contributed by atoms with van der Waals surface area (Å²) in [7, 11) is 0. The van der Waals surface area contributed by atoms with Crippen LogP contribution in [0.1, 0.15) is 25.7 Å². The topological polar surface area (TPSA) is 296 Å². The predicted molar refractivity (Wildman–Crippen MR) is 85.0 cm³/mol. The Labute approximate surface area is 161 Å². The summed E-state index contributed by atoms with van der Waals surface area (Å²) in [6.45, 7) is 0. The fourth-order valence-electron chi connectivity index (χ4n) is 1.43. The zero-order valence-corrected chi connectivity index (χ0v) is 14.6. The van der Waals surface area contributed by atoms with Gasteiger partial charge < -0.3 is 46.3 Å². The van der Waals surface area contributed by atoms with Crippen molar-refractivity contribution >= 4 is 48.2 Å². The lowest BCUT2D eigenvalue weighted by Crippen LogP contribution is -2.42. The standard InChI is InChI=1S/2C6H8O7.ClH.H2O/c2*7-3(8)1-6(13,5(11)12)2-4(9)10;;/h2*13H,1-2H2,(H,7,8)(H,9,10)(H,11,12);1H;1H2. The van der Waals surface area contributed by atoms with Crippen molar-refractivity contribution in [3.05, 3.63) is 0 Å². The average Bonchev–Trinajstić information content (AvgIpc) is 2.34. The van der Waals surface area contributed by atoms with Crippen LogP contribution in [-0.4, -0.2) is 93.3 Å². The molecule has 0 aliphatic heterocycles. The van der Waals surface area contributed by atoms with Crippen molar-refractivity contribution in [2.24, 2.45) is 0 Å². The molecule has 0 atom stereocenters. The first-order chi connectivity index (χ1) is 11.6. The van der Waals surface area contributed by atoms with Gasteiger partial charge in [0.1, 0.15) is 0 Å². The van der Waals surface area contributed by atoms with E-state index in [4.69, 9.17) is 40.9 Å². The van der Waals surface area contributed by atoms with Crippen LogP contribution in [0, 0.1) is 0 Å². The van der Waals surface area contributed by atoms with E-state index in [1.165, 1.54) is 0 Å². The van der Waals surface area contributed by atoms with Crippen LogP contribution in [0.2, 0.25) is 0 Å². The first-order valence-corrected chi connectivity index (χ1v) is 6.34. The maximum absolute atomic E-state index is 10.3. The highest BCUT2D eigenvalue weighted by molar-refractivity contribution is 5.88. The number of carboxylic acid groups (broad SMARTS) is 6. The number of carbonyl (C=O) groups is 6. The number of rotatable bonds is 10. The molecular formula is C12H19ClO15. The summed E-state index contributed by atoms with van der Waals surface area (Å²) in [6, 6.07) is 0. The van der Waals surface area contributed by atoms with Crippen LogP contribution in [0.4, 0.5) is 0 Å². The molecule has 28 heavy (non-hydrogen) atoms. The minimum atomic E-state index is -2.74. The van der Waals surface area contributed by atoms with Crippen LogP contribution in [0.15, 0.2) is 0 Å². The van der Waals surface area contributed by atoms with Gasteiger partial charge in [0.2, 0.25) is 0 Å². The average molecular weight is 439 g/mol. The van der Waals surface area contributed by atoms with Gasteiger partial charge >= 0.3 is 35.8 Å². The number of aliphatic carboxylic acids is 6. The van der Waals surface area contributed by atoms with Crippen molar-refractivity contribution in [2.75, 3.05) is 0 Å². The Hall–Kier alpha value is -3.01. The third-order valence-electron chi connectivity index (χ3n) is 2.57. The van der Waals surface area contributed by atoms with E-state index in [2.05, 4.69) is 0 Å². The molecule has 0 unspecified atom stereocenters. The molecule has 0 saturated heterocycles. The number of hydrogen-bond donors (Lipinski definition) is 8. The lowest BCUT2D eigenvalue weighted by atomic mass is 9.96. The van der Waals surface area contributed by atoms with Gasteiger partial charge in [0, 0.05) is 0 Å². The predicted octanol–water partition coefficient (Wildman–Crippen LogP) is -2.90. The van der Waals surface area contributed by atoms with E-state index in [1.54, 1.807) is 0 Å². The number of hydrogen-bond acceptors (Lipinski definition) is 8. The van der Waals surface area contributed by atoms with Crippen LogP contribution < -0.4 is 0 Å². The summed E-state index contributed by atoms with van der Waals surface area (Å²) in [5, 5.41) is 67.6. The molecule has 0 radical (unpaired) electrons. The van der Waals surface area contributed by atoms with Crippen molar-refractivity contribution in [3.8, 4) is 0 Å². The maximum Gasteiger partial charge on any atom is 0.336 e. The van der Waals surface area contributed by atoms with Gasteiger partial charge in [0.05, 0.1) is 25.7 Å². The third-order valence-corrected chi connectivity index (χ3v) is 2.57. The Morgan fingerprint density at radius 3 is 0.714 bits per heavy atom. The second-order valence-electron chi connectivity index (χ2n) is 4.96. The fourth-order valence-corrected chi connectivity index (χ4v) is 1.43. The summed E-state index contributed by atoms with van der Waals surface area (Å²) >= 11 is 0. The van der Waals surface area contributed by atoms with E-state index in [9.17, 15) is 28.8 Å². The lowest BCUT2D eigenvalue weighted by molar-refractivity contribution is -0.170. The fraction of sp³-hybridized carbons (Fsp3) is 0.500. The van der Waals surface area contributed by atoms with Gasteiger partial charge in [-0.1, -0.05) is 0 Å². The van der Waals surface area contributed by atoms with Crippen LogP contribution in [0.25, 0.3) is 0 Å². The Morgan fingerprint density at radius 1 is 0.500 bits per heavy atom. The van der Waals surface area contributed by atoms with Crippen molar-refractivity contribution in [2.45, 2.75) is 36.9 Å². The smallest absolute Gasteiger partial charge is 0.336 e. The van der Waals surface area contributed by atoms with Crippen LogP contribution in [-0.2, 0) is 28.8 Å². The molecule has 16 heteroatoms. The second kappa shape index (κ2) is 13.2. The Morgan fingerprint density at radius 2 is 0.643 bits per heavy atom. The molecule has 0 amide bonds. The summed E-state index contributed by atoms with van der Waals surface area (Å²) in [5.74, 6) is -10.0. The van der Waals surface area contributed by atoms with Crippen molar-refractivity contribution in [1.29, 1.82) is 0 Å². The first-order valence-electron chi connectivity index (χ1n) is 6.34. The maximum atomic E-state index is 10.3. The monoisotopic (exact) mass is 438 g/mol. The zero-order chi connectivity index (χ0) is 21.3. The molecule has 0 aromatic rings. The Kier molecular flexibility index (Phi) is 15.4. The molecule has 0 spiro atoms. The summed E-state index contributed by atoms with van der Waals surface area (Å²) in [6.07, 6.45) is -4.58. The van der Waals surface area contributed by atoms with E-state index < -0.39 is 72.7 Å². The second-order valence-corrected chi connectivity index (χ2v) is 4.96. The van der Waals surface area contributed by atoms with E-state index >= 15 is 0 Å². The quantitative estimate of drug-likeness (QED) is 0.169. The van der Waals surface area contributed by atoms with E-state index in [1.807, 2.05) is 0 Å². The van der Waals surface area contributed by atoms with Gasteiger partial charge in [-0.25, -0.2) is 9.59 Å². The first kappa shape index (κ1) is 32.6. The van der Waals surface area contributed by atoms with Gasteiger partial charge in [-0.15, -0.1) is 12.4 Å². The molecule has 0 heterocycles. The highest BCUT2D eigenvalue weighted by Gasteiger charge is 2.41. The summed E-state index contributed by atoms with van der Waals surface area (Å²) in [5.41, 5.74) is -5.48. The van der Waals surface area contributed by atoms with Gasteiger partial charge in [-0.05, 0) is 0 Å². The summed E-state index contributed by atoms with van der Waals surface area (Å²) in [4.78, 5) is 61.0. The largest absolute Gasteiger partial charge is 0.481 e. The number of carboxylic acids is 6. The minimum absolute atomic E-state index is 0. The molecule has 0 aliphatic carbocycles. The third kappa shape index (κ3) is 13.2. The van der Waals surface area contributed by atoms with E-state index in [0.29, 0.717) is 0 Å². The Balaban J connectivity index is -0.000000192. The van der Waals surface area contributed by atoms with Crippen LogP contribution in [0.3, 0.4) is 0 Å². The number of aliphatic hydroxyl groups is 2. The highest BCUT2D eigenvalue weighted by atomic mass is 35.5. The van der Waals surface area contributed by atoms with E-state index in [0.717, 1.165) is 0 Å². The molecule has 0 aromatic carbocycles. The SMILES string of the molecule is Cl.O.O=C(O)CC(O)(CC(=O)O)C(=O)O.O=C(O)CC(O)(CC(=O)O)C(=O)O. The van der Waals surface area contributed by atoms with Crippen LogP contribution >= 0.6 is 12.4 Å². The highest BCUT2D eigenvalue weighted by Crippen LogP contribution is 2.16. The molecule has 0 aliphatic rings. The molecule has 0 rings (SSSR count). The minimum Gasteiger partial charge on any atom is -0.481 e. The molecular weight excluding hydrogens is 420 g/mol. The molecule has 10 N–H and O–H groups in total. The van der Waals surface area contributed by atoms with Gasteiger partial charge in [0.15, 0.2) is 11.2 Å². The van der Waals surface area contributed by atoms with Crippen molar-refractivity contribution < 1.29 is 75.1 Å². The Bertz CT molecular complexity index is 514. The van der Waals surface area contributed by atoms with Crippen molar-refractivity contribution in [1.82, 2.24) is 0 Å².